The molecule has 1 rings (SSSR count). The van der Waals surface area contributed by atoms with Crippen LogP contribution in [0.4, 0.5) is 0 Å². The molecular weight excluding hydrogens is 226 g/mol. The summed E-state index contributed by atoms with van der Waals surface area (Å²) in [6, 6.07) is 0. The van der Waals surface area contributed by atoms with E-state index in [0.717, 1.165) is 22.8 Å². The Balaban J connectivity index is 2.65. The van der Waals surface area contributed by atoms with Gasteiger partial charge in [0.05, 0.1) is 28.9 Å². The molecule has 0 saturated carbocycles. The average molecular weight is 251 g/mol. The summed E-state index contributed by atoms with van der Waals surface area (Å²) in [6.45, 7) is 12.7. The molecule has 1 aromatic heterocycles. The van der Waals surface area contributed by atoms with Crippen LogP contribution in [-0.4, -0.2) is 33.3 Å². The molecule has 0 radical (unpaired) electrons. The first-order valence-electron chi connectivity index (χ1n) is 6.43. The highest BCUT2D eigenvalue weighted by molar-refractivity contribution is 5.18. The van der Waals surface area contributed by atoms with Gasteiger partial charge in [0.15, 0.2) is 0 Å². The summed E-state index contributed by atoms with van der Waals surface area (Å²) < 4.78 is 0. The van der Waals surface area contributed by atoms with Crippen LogP contribution in [-0.2, 0) is 6.42 Å². The van der Waals surface area contributed by atoms with E-state index >= 15 is 0 Å². The van der Waals surface area contributed by atoms with E-state index in [-0.39, 0.29) is 5.54 Å². The van der Waals surface area contributed by atoms with Gasteiger partial charge in [0.25, 0.3) is 0 Å². The minimum absolute atomic E-state index is 0.0187. The second kappa shape index (κ2) is 5.76. The lowest BCUT2D eigenvalue weighted by Crippen LogP contribution is -2.41. The lowest BCUT2D eigenvalue weighted by molar-refractivity contribution is 0.159. The summed E-state index contributed by atoms with van der Waals surface area (Å²) in [5, 5.41) is 13.3. The maximum absolute atomic E-state index is 10.0. The van der Waals surface area contributed by atoms with Crippen molar-refractivity contribution in [3.8, 4) is 0 Å². The smallest absolute Gasteiger partial charge is 0.0720 e. The summed E-state index contributed by atoms with van der Waals surface area (Å²) in [7, 11) is 0. The van der Waals surface area contributed by atoms with Crippen molar-refractivity contribution in [2.24, 2.45) is 0 Å². The largest absolute Gasteiger partial charge is 0.391 e. The lowest BCUT2D eigenvalue weighted by Gasteiger charge is -2.23. The van der Waals surface area contributed by atoms with Crippen LogP contribution in [0.3, 0.4) is 0 Å². The maximum Gasteiger partial charge on any atom is 0.0720 e. The van der Waals surface area contributed by atoms with E-state index in [0.29, 0.717) is 13.0 Å². The van der Waals surface area contributed by atoms with E-state index in [1.54, 1.807) is 0 Å². The van der Waals surface area contributed by atoms with Crippen LogP contribution < -0.4 is 5.32 Å². The Morgan fingerprint density at radius 1 is 1.06 bits per heavy atom. The summed E-state index contributed by atoms with van der Waals surface area (Å²) in [4.78, 5) is 8.95. The van der Waals surface area contributed by atoms with Gasteiger partial charge in [-0.3, -0.25) is 9.97 Å². The van der Waals surface area contributed by atoms with Crippen LogP contribution in [0.2, 0.25) is 0 Å². The Morgan fingerprint density at radius 2 is 1.61 bits per heavy atom. The fourth-order valence-electron chi connectivity index (χ4n) is 1.67. The highest BCUT2D eigenvalue weighted by atomic mass is 16.3. The molecule has 0 bridgehead atoms. The number of nitrogens with one attached hydrogen (secondary N) is 1. The molecule has 0 fully saturated rings. The highest BCUT2D eigenvalue weighted by Crippen LogP contribution is 2.09. The first kappa shape index (κ1) is 15.1. The Labute approximate surface area is 110 Å². The molecule has 0 aliphatic heterocycles. The van der Waals surface area contributed by atoms with Gasteiger partial charge in [-0.15, -0.1) is 0 Å². The molecule has 0 amide bonds. The number of aliphatic hydroxyl groups is 1. The third-order valence-electron chi connectivity index (χ3n) is 2.88. The summed E-state index contributed by atoms with van der Waals surface area (Å²) in [5.74, 6) is 0. The zero-order valence-corrected chi connectivity index (χ0v) is 12.3. The lowest BCUT2D eigenvalue weighted by atomic mass is 10.1. The number of aliphatic hydroxyl groups excluding tert-OH is 1. The van der Waals surface area contributed by atoms with E-state index in [4.69, 9.17) is 0 Å². The maximum atomic E-state index is 10.0. The number of β-amino-alcohol motifs (C(OH)–C–C–N with tert-alkyl or cyclic N) is 1. The fourth-order valence-corrected chi connectivity index (χ4v) is 1.67. The van der Waals surface area contributed by atoms with E-state index in [1.165, 1.54) is 0 Å². The first-order valence-corrected chi connectivity index (χ1v) is 6.43. The van der Waals surface area contributed by atoms with Crippen LogP contribution in [0.15, 0.2) is 0 Å². The number of hydrogen-bond acceptors (Lipinski definition) is 4. The van der Waals surface area contributed by atoms with E-state index in [2.05, 4.69) is 36.1 Å². The zero-order chi connectivity index (χ0) is 13.9. The minimum atomic E-state index is -0.431. The quantitative estimate of drug-likeness (QED) is 0.855. The van der Waals surface area contributed by atoms with Crippen LogP contribution in [0.25, 0.3) is 0 Å². The third kappa shape index (κ3) is 4.70. The van der Waals surface area contributed by atoms with Crippen molar-refractivity contribution >= 4 is 0 Å². The molecule has 0 spiro atoms. The van der Waals surface area contributed by atoms with Gasteiger partial charge in [0, 0.05) is 18.5 Å². The molecule has 1 heterocycles. The van der Waals surface area contributed by atoms with Gasteiger partial charge >= 0.3 is 0 Å². The van der Waals surface area contributed by atoms with E-state index < -0.39 is 6.10 Å². The third-order valence-corrected chi connectivity index (χ3v) is 2.88. The molecule has 0 aliphatic carbocycles. The van der Waals surface area contributed by atoms with Crippen molar-refractivity contribution in [1.82, 2.24) is 15.3 Å². The normalized spacial score (nSPS) is 13.7. The molecule has 2 N–H and O–H groups in total. The van der Waals surface area contributed by atoms with Gasteiger partial charge in [-0.2, -0.15) is 0 Å². The van der Waals surface area contributed by atoms with E-state index in [1.807, 2.05) is 20.8 Å². The van der Waals surface area contributed by atoms with Crippen LogP contribution in [0.1, 0.15) is 43.5 Å². The molecule has 1 aromatic rings. The first-order chi connectivity index (χ1) is 8.19. The number of aryl methyl sites for hydroxylation is 3. The van der Waals surface area contributed by atoms with Gasteiger partial charge in [-0.05, 0) is 41.5 Å². The van der Waals surface area contributed by atoms with Crippen LogP contribution in [0.5, 0.6) is 0 Å². The SMILES string of the molecule is Cc1nc(C)c(C[C@H](O)CNC(C)(C)C)nc1C. The Kier molecular flexibility index (Phi) is 4.82. The molecule has 0 unspecified atom stereocenters. The molecular formula is C14H25N3O. The number of nitrogens with zero attached hydrogens (tertiary/aromatic N) is 2. The van der Waals surface area contributed by atoms with Crippen molar-refractivity contribution in [3.63, 3.8) is 0 Å². The summed E-state index contributed by atoms with van der Waals surface area (Å²) in [6.07, 6.45) is 0.114. The predicted molar refractivity (Wildman–Crippen MR) is 73.7 cm³/mol. The van der Waals surface area contributed by atoms with Gasteiger partial charge in [-0.1, -0.05) is 0 Å². The second-order valence-corrected chi connectivity index (χ2v) is 5.92. The molecule has 0 aromatic carbocycles. The van der Waals surface area contributed by atoms with Gasteiger partial charge in [0.2, 0.25) is 0 Å². The van der Waals surface area contributed by atoms with Gasteiger partial charge < -0.3 is 10.4 Å². The Bertz CT molecular complexity index is 410. The van der Waals surface area contributed by atoms with Crippen molar-refractivity contribution in [2.45, 2.75) is 59.6 Å². The summed E-state index contributed by atoms with van der Waals surface area (Å²) >= 11 is 0. The molecule has 0 saturated heterocycles. The van der Waals surface area contributed by atoms with Crippen LogP contribution in [0, 0.1) is 20.8 Å². The van der Waals surface area contributed by atoms with Crippen molar-refractivity contribution in [1.29, 1.82) is 0 Å². The molecule has 1 atom stereocenters. The molecule has 4 nitrogen and oxygen atoms in total. The molecule has 0 aliphatic rings. The molecule has 102 valence electrons. The van der Waals surface area contributed by atoms with E-state index in [9.17, 15) is 5.11 Å². The highest BCUT2D eigenvalue weighted by Gasteiger charge is 2.15. The van der Waals surface area contributed by atoms with Crippen LogP contribution >= 0.6 is 0 Å². The number of rotatable bonds is 4. The molecule has 4 heteroatoms. The second-order valence-electron chi connectivity index (χ2n) is 5.92. The van der Waals surface area contributed by atoms with Crippen molar-refractivity contribution in [3.05, 3.63) is 22.8 Å². The predicted octanol–water partition coefficient (Wildman–Crippen LogP) is 1.69. The Hall–Kier alpha value is -1.00. The minimum Gasteiger partial charge on any atom is -0.391 e. The standard InChI is InChI=1S/C14H25N3O/c1-9-10(2)17-13(11(3)16-9)7-12(18)8-15-14(4,5)6/h12,15,18H,7-8H2,1-6H3/t12-/m0/s1. The van der Waals surface area contributed by atoms with Crippen molar-refractivity contribution in [2.75, 3.05) is 6.54 Å². The van der Waals surface area contributed by atoms with Gasteiger partial charge in [0.1, 0.15) is 0 Å². The van der Waals surface area contributed by atoms with Crippen molar-refractivity contribution < 1.29 is 5.11 Å². The number of hydrogen-bond donors (Lipinski definition) is 2. The van der Waals surface area contributed by atoms with Gasteiger partial charge in [-0.25, -0.2) is 0 Å². The summed E-state index contributed by atoms with van der Waals surface area (Å²) in [5.41, 5.74) is 3.71. The number of aromatic nitrogens is 2. The molecule has 18 heavy (non-hydrogen) atoms. The Morgan fingerprint density at radius 3 is 2.17 bits per heavy atom. The zero-order valence-electron chi connectivity index (χ0n) is 12.3. The monoisotopic (exact) mass is 251 g/mol. The fraction of sp³-hybridized carbons (Fsp3) is 0.714. The topological polar surface area (TPSA) is 58.0 Å². The average Bonchev–Trinajstić information content (AvgIpc) is 2.22.